The quantitative estimate of drug-likeness (QED) is 0.729. The van der Waals surface area contributed by atoms with Crippen molar-refractivity contribution in [1.29, 1.82) is 0 Å². The number of hydrogen-bond donors (Lipinski definition) is 1. The van der Waals surface area contributed by atoms with Gasteiger partial charge in [-0.2, -0.15) is 0 Å². The van der Waals surface area contributed by atoms with E-state index < -0.39 is 18.0 Å². The summed E-state index contributed by atoms with van der Waals surface area (Å²) in [6.07, 6.45) is 1.56. The SMILES string of the molecule is COC(=O)C1C(C(=O)O)=Cc2ccccc2-c2cc3ccccc3n21. The number of nitrogens with zero attached hydrogens (tertiary/aromatic N) is 1. The lowest BCUT2D eigenvalue weighted by Gasteiger charge is -2.19. The minimum absolute atomic E-state index is 0.0144. The van der Waals surface area contributed by atoms with Crippen LogP contribution in [0.3, 0.4) is 0 Å². The molecule has 124 valence electrons. The molecular weight excluding hydrogens is 318 g/mol. The van der Waals surface area contributed by atoms with Gasteiger partial charge in [0.25, 0.3) is 0 Å². The van der Waals surface area contributed by atoms with Crippen LogP contribution in [0.2, 0.25) is 0 Å². The number of carboxylic acids is 1. The Morgan fingerprint density at radius 2 is 1.80 bits per heavy atom. The second-order valence-electron chi connectivity index (χ2n) is 5.88. The standard InChI is InChI=1S/C20H15NO4/c1-25-20(24)18-15(19(22)23)10-12-6-2-4-8-14(12)17-11-13-7-3-5-9-16(13)21(17)18/h2-11,18H,1H3,(H,22,23). The molecule has 0 amide bonds. The number of methoxy groups -OCH3 is 1. The average molecular weight is 333 g/mol. The van der Waals surface area contributed by atoms with Crippen molar-refractivity contribution in [1.82, 2.24) is 4.57 Å². The summed E-state index contributed by atoms with van der Waals surface area (Å²) in [6, 6.07) is 16.0. The highest BCUT2D eigenvalue weighted by atomic mass is 16.5. The van der Waals surface area contributed by atoms with Gasteiger partial charge in [-0.15, -0.1) is 0 Å². The van der Waals surface area contributed by atoms with Crippen LogP contribution in [0.1, 0.15) is 11.6 Å². The average Bonchev–Trinajstić information content (AvgIpc) is 2.93. The summed E-state index contributed by atoms with van der Waals surface area (Å²) in [6.45, 7) is 0. The third-order valence-electron chi connectivity index (χ3n) is 4.52. The number of carbonyl (C=O) groups excluding carboxylic acids is 1. The maximum absolute atomic E-state index is 12.5. The van der Waals surface area contributed by atoms with Crippen LogP contribution in [0.25, 0.3) is 28.2 Å². The molecule has 3 aromatic rings. The van der Waals surface area contributed by atoms with Crippen LogP contribution >= 0.6 is 0 Å². The predicted molar refractivity (Wildman–Crippen MR) is 94.0 cm³/mol. The van der Waals surface area contributed by atoms with Gasteiger partial charge in [-0.3, -0.25) is 0 Å². The molecule has 1 atom stereocenters. The topological polar surface area (TPSA) is 68.5 Å². The molecule has 0 radical (unpaired) electrons. The summed E-state index contributed by atoms with van der Waals surface area (Å²) < 4.78 is 6.69. The van der Waals surface area contributed by atoms with Gasteiger partial charge in [-0.1, -0.05) is 42.5 Å². The van der Waals surface area contributed by atoms with E-state index in [1.54, 1.807) is 10.6 Å². The fraction of sp³-hybridized carbons (Fsp3) is 0.100. The Kier molecular flexibility index (Phi) is 3.42. The molecule has 0 aliphatic carbocycles. The van der Waals surface area contributed by atoms with Gasteiger partial charge >= 0.3 is 11.9 Å². The van der Waals surface area contributed by atoms with E-state index >= 15 is 0 Å². The minimum Gasteiger partial charge on any atom is -0.478 e. The molecule has 5 nitrogen and oxygen atoms in total. The Morgan fingerprint density at radius 1 is 1.08 bits per heavy atom. The Bertz CT molecular complexity index is 1040. The summed E-state index contributed by atoms with van der Waals surface area (Å²) in [5, 5.41) is 10.7. The lowest BCUT2D eigenvalue weighted by molar-refractivity contribution is -0.145. The largest absolute Gasteiger partial charge is 0.478 e. The van der Waals surface area contributed by atoms with E-state index in [-0.39, 0.29) is 5.57 Å². The zero-order valence-corrected chi connectivity index (χ0v) is 13.5. The van der Waals surface area contributed by atoms with Gasteiger partial charge in [0.05, 0.1) is 18.4 Å². The molecule has 1 unspecified atom stereocenters. The Hall–Kier alpha value is -3.34. The van der Waals surface area contributed by atoms with Crippen LogP contribution in [0.4, 0.5) is 0 Å². The monoisotopic (exact) mass is 333 g/mol. The maximum Gasteiger partial charge on any atom is 0.334 e. The zero-order valence-electron chi connectivity index (χ0n) is 13.5. The summed E-state index contributed by atoms with van der Waals surface area (Å²) >= 11 is 0. The van der Waals surface area contributed by atoms with Crippen LogP contribution in [0, 0.1) is 0 Å². The number of carboxylic acid groups (broad SMARTS) is 1. The van der Waals surface area contributed by atoms with Gasteiger partial charge in [0, 0.05) is 16.5 Å². The molecule has 1 N–H and O–H groups in total. The highest BCUT2D eigenvalue weighted by Crippen LogP contribution is 2.40. The van der Waals surface area contributed by atoms with E-state index in [4.69, 9.17) is 4.74 Å². The number of esters is 1. The van der Waals surface area contributed by atoms with Crippen LogP contribution in [-0.2, 0) is 14.3 Å². The maximum atomic E-state index is 12.5. The number of fused-ring (bicyclic) bond motifs is 5. The Balaban J connectivity index is 2.16. The number of rotatable bonds is 2. The highest BCUT2D eigenvalue weighted by molar-refractivity contribution is 6.04. The molecule has 1 aromatic heterocycles. The zero-order chi connectivity index (χ0) is 17.6. The van der Waals surface area contributed by atoms with Crippen molar-refractivity contribution in [2.45, 2.75) is 6.04 Å². The van der Waals surface area contributed by atoms with Crippen molar-refractivity contribution in [2.75, 3.05) is 7.11 Å². The summed E-state index contributed by atoms with van der Waals surface area (Å²) in [7, 11) is 1.27. The predicted octanol–water partition coefficient (Wildman–Crippen LogP) is 3.50. The molecule has 5 heteroatoms. The van der Waals surface area contributed by atoms with Gasteiger partial charge in [-0.05, 0) is 23.8 Å². The lowest BCUT2D eigenvalue weighted by Crippen LogP contribution is -2.26. The first-order valence-electron chi connectivity index (χ1n) is 7.84. The number of aliphatic carboxylic acids is 1. The highest BCUT2D eigenvalue weighted by Gasteiger charge is 2.35. The van der Waals surface area contributed by atoms with Crippen molar-refractivity contribution < 1.29 is 19.4 Å². The Labute approximate surface area is 143 Å². The van der Waals surface area contributed by atoms with Gasteiger partial charge in [0.15, 0.2) is 6.04 Å². The smallest absolute Gasteiger partial charge is 0.334 e. The number of carbonyl (C=O) groups is 2. The second-order valence-corrected chi connectivity index (χ2v) is 5.88. The van der Waals surface area contributed by atoms with Gasteiger partial charge < -0.3 is 14.4 Å². The molecule has 1 aliphatic rings. The number of hydrogen-bond acceptors (Lipinski definition) is 3. The normalized spacial score (nSPS) is 15.7. The number of benzene rings is 2. The first-order chi connectivity index (χ1) is 12.1. The lowest BCUT2D eigenvalue weighted by atomic mass is 10.0. The van der Waals surface area contributed by atoms with E-state index in [1.807, 2.05) is 54.6 Å². The molecule has 0 saturated carbocycles. The van der Waals surface area contributed by atoms with Crippen molar-refractivity contribution >= 4 is 28.9 Å². The molecule has 4 rings (SSSR count). The van der Waals surface area contributed by atoms with Gasteiger partial charge in [0.2, 0.25) is 0 Å². The molecule has 2 aromatic carbocycles. The van der Waals surface area contributed by atoms with Crippen molar-refractivity contribution in [3.8, 4) is 11.3 Å². The van der Waals surface area contributed by atoms with E-state index in [2.05, 4.69) is 0 Å². The van der Waals surface area contributed by atoms with Gasteiger partial charge in [-0.25, -0.2) is 9.59 Å². The number of aromatic nitrogens is 1. The summed E-state index contributed by atoms with van der Waals surface area (Å²) in [4.78, 5) is 24.5. The molecule has 1 aliphatic heterocycles. The van der Waals surface area contributed by atoms with Crippen molar-refractivity contribution in [2.24, 2.45) is 0 Å². The van der Waals surface area contributed by atoms with Crippen LogP contribution in [-0.4, -0.2) is 28.7 Å². The van der Waals surface area contributed by atoms with Crippen molar-refractivity contribution in [3.63, 3.8) is 0 Å². The first-order valence-corrected chi connectivity index (χ1v) is 7.84. The molecule has 0 spiro atoms. The minimum atomic E-state index is -1.14. The number of para-hydroxylation sites is 1. The fourth-order valence-electron chi connectivity index (χ4n) is 3.43. The summed E-state index contributed by atoms with van der Waals surface area (Å²) in [5.74, 6) is -1.75. The van der Waals surface area contributed by atoms with Gasteiger partial charge in [0.1, 0.15) is 0 Å². The molecule has 0 fully saturated rings. The van der Waals surface area contributed by atoms with E-state index in [0.717, 1.165) is 27.7 Å². The third-order valence-corrected chi connectivity index (χ3v) is 4.52. The fourth-order valence-corrected chi connectivity index (χ4v) is 3.43. The summed E-state index contributed by atoms with van der Waals surface area (Å²) in [5.41, 5.74) is 3.20. The van der Waals surface area contributed by atoms with Crippen LogP contribution < -0.4 is 0 Å². The molecular formula is C20H15NO4. The molecule has 0 saturated heterocycles. The molecule has 25 heavy (non-hydrogen) atoms. The van der Waals surface area contributed by atoms with Crippen molar-refractivity contribution in [3.05, 3.63) is 65.7 Å². The number of ether oxygens (including phenoxy) is 1. The Morgan fingerprint density at radius 3 is 2.56 bits per heavy atom. The van der Waals surface area contributed by atoms with E-state index in [0.29, 0.717) is 0 Å². The van der Waals surface area contributed by atoms with Crippen LogP contribution in [0.15, 0.2) is 60.2 Å². The molecule has 0 bridgehead atoms. The van der Waals surface area contributed by atoms with E-state index in [1.165, 1.54) is 7.11 Å². The van der Waals surface area contributed by atoms with Crippen LogP contribution in [0.5, 0.6) is 0 Å². The third kappa shape index (κ3) is 2.24. The molecule has 2 heterocycles. The van der Waals surface area contributed by atoms with E-state index in [9.17, 15) is 14.7 Å². The second kappa shape index (κ2) is 5.63. The first kappa shape index (κ1) is 15.2.